The number of aromatic nitrogens is 1. The lowest BCUT2D eigenvalue weighted by Crippen LogP contribution is -2.38. The summed E-state index contributed by atoms with van der Waals surface area (Å²) in [6.45, 7) is 5.16. The van der Waals surface area contributed by atoms with Crippen LogP contribution in [0.4, 0.5) is 4.39 Å². The Balaban J connectivity index is 1.49. The average molecular weight is 380 g/mol. The van der Waals surface area contributed by atoms with Gasteiger partial charge in [-0.1, -0.05) is 23.8 Å². The minimum atomic E-state index is -0.204. The predicted octanol–water partition coefficient (Wildman–Crippen LogP) is 4.01. The van der Waals surface area contributed by atoms with Crippen LogP contribution in [0.5, 0.6) is 0 Å². The average Bonchev–Trinajstić information content (AvgIpc) is 3.15. The number of aliphatic imine (C=N–C) groups is 1. The fourth-order valence-corrected chi connectivity index (χ4v) is 2.87. The molecule has 0 aliphatic carbocycles. The van der Waals surface area contributed by atoms with Crippen LogP contribution >= 0.6 is 0 Å². The minimum Gasteiger partial charge on any atom is -0.444 e. The Morgan fingerprint density at radius 1 is 1.11 bits per heavy atom. The lowest BCUT2D eigenvalue weighted by Gasteiger charge is -2.11. The van der Waals surface area contributed by atoms with Gasteiger partial charge >= 0.3 is 0 Å². The molecule has 0 unspecified atom stereocenters. The van der Waals surface area contributed by atoms with Gasteiger partial charge in [0.15, 0.2) is 5.96 Å². The van der Waals surface area contributed by atoms with E-state index >= 15 is 0 Å². The van der Waals surface area contributed by atoms with E-state index < -0.39 is 0 Å². The molecule has 0 aliphatic heterocycles. The van der Waals surface area contributed by atoms with Crippen molar-refractivity contribution in [3.63, 3.8) is 0 Å². The van der Waals surface area contributed by atoms with E-state index in [0.29, 0.717) is 24.9 Å². The van der Waals surface area contributed by atoms with Crippen LogP contribution in [0.3, 0.4) is 0 Å². The molecule has 0 saturated carbocycles. The number of halogens is 1. The first-order valence-electron chi connectivity index (χ1n) is 9.26. The van der Waals surface area contributed by atoms with Gasteiger partial charge in [-0.15, -0.1) is 0 Å². The fourth-order valence-electron chi connectivity index (χ4n) is 2.87. The third kappa shape index (κ3) is 5.19. The van der Waals surface area contributed by atoms with E-state index in [9.17, 15) is 4.39 Å². The molecule has 6 heteroatoms. The quantitative estimate of drug-likeness (QED) is 0.501. The van der Waals surface area contributed by atoms with Crippen molar-refractivity contribution in [2.24, 2.45) is 4.99 Å². The summed E-state index contributed by atoms with van der Waals surface area (Å²) in [5, 5.41) is 6.49. The highest BCUT2D eigenvalue weighted by molar-refractivity contribution is 5.79. The second-order valence-electron chi connectivity index (χ2n) is 6.68. The molecule has 146 valence electrons. The van der Waals surface area contributed by atoms with E-state index in [4.69, 9.17) is 4.42 Å². The molecule has 2 aromatic carbocycles. The molecule has 0 saturated heterocycles. The number of aryl methyl sites for hydroxylation is 2. The highest BCUT2D eigenvalue weighted by atomic mass is 19.1. The van der Waals surface area contributed by atoms with Gasteiger partial charge in [-0.2, -0.15) is 0 Å². The molecule has 0 bridgehead atoms. The van der Waals surface area contributed by atoms with Gasteiger partial charge < -0.3 is 15.1 Å². The van der Waals surface area contributed by atoms with Gasteiger partial charge in [0, 0.05) is 19.2 Å². The number of oxazole rings is 1. The molecule has 2 N–H and O–H groups in total. The van der Waals surface area contributed by atoms with Crippen LogP contribution in [0, 0.1) is 19.7 Å². The van der Waals surface area contributed by atoms with E-state index in [1.54, 1.807) is 19.4 Å². The summed E-state index contributed by atoms with van der Waals surface area (Å²) in [4.78, 5) is 8.74. The van der Waals surface area contributed by atoms with Crippen molar-refractivity contribution in [3.05, 3.63) is 76.9 Å². The lowest BCUT2D eigenvalue weighted by molar-refractivity contribution is 0.572. The monoisotopic (exact) mass is 380 g/mol. The van der Waals surface area contributed by atoms with Crippen LogP contribution in [-0.4, -0.2) is 24.5 Å². The van der Waals surface area contributed by atoms with Gasteiger partial charge in [0.1, 0.15) is 12.1 Å². The second kappa shape index (κ2) is 9.17. The first kappa shape index (κ1) is 19.6. The van der Waals surface area contributed by atoms with Crippen molar-refractivity contribution in [3.8, 4) is 11.5 Å². The highest BCUT2D eigenvalue weighted by Crippen LogP contribution is 2.19. The smallest absolute Gasteiger partial charge is 0.226 e. The standard InChI is InChI=1S/C22H25FN4O/c1-15-4-6-18(7-5-15)21-27-20(14-28-21)13-26-22(24-3)25-11-10-17-8-9-19(23)12-16(17)2/h4-9,12,14H,10-11,13H2,1-3H3,(H2,24,25,26). The summed E-state index contributed by atoms with van der Waals surface area (Å²) < 4.78 is 18.8. The SMILES string of the molecule is CN=C(NCCc1ccc(F)cc1C)NCc1coc(-c2ccc(C)cc2)n1. The van der Waals surface area contributed by atoms with E-state index in [1.807, 2.05) is 44.2 Å². The molecule has 1 aromatic heterocycles. The van der Waals surface area contributed by atoms with E-state index in [-0.39, 0.29) is 5.82 Å². The molecule has 0 amide bonds. The Hall–Kier alpha value is -3.15. The van der Waals surface area contributed by atoms with Crippen LogP contribution in [0.1, 0.15) is 22.4 Å². The molecule has 0 aliphatic rings. The largest absolute Gasteiger partial charge is 0.444 e. The molecular weight excluding hydrogens is 355 g/mol. The number of benzene rings is 2. The number of guanidine groups is 1. The predicted molar refractivity (Wildman–Crippen MR) is 110 cm³/mol. The molecule has 5 nitrogen and oxygen atoms in total. The maximum atomic E-state index is 13.2. The third-order valence-electron chi connectivity index (χ3n) is 4.50. The summed E-state index contributed by atoms with van der Waals surface area (Å²) in [5.41, 5.74) is 5.02. The Labute approximate surface area is 164 Å². The molecule has 0 spiro atoms. The summed E-state index contributed by atoms with van der Waals surface area (Å²) >= 11 is 0. The van der Waals surface area contributed by atoms with Gasteiger partial charge in [-0.05, 0) is 55.7 Å². The maximum absolute atomic E-state index is 13.2. The normalized spacial score (nSPS) is 11.5. The van der Waals surface area contributed by atoms with Crippen molar-refractivity contribution < 1.29 is 8.81 Å². The summed E-state index contributed by atoms with van der Waals surface area (Å²) in [5.74, 6) is 1.08. The zero-order valence-corrected chi connectivity index (χ0v) is 16.4. The lowest BCUT2D eigenvalue weighted by atomic mass is 10.1. The molecule has 3 aromatic rings. The molecule has 3 rings (SSSR count). The summed E-state index contributed by atoms with van der Waals surface area (Å²) in [6.07, 6.45) is 2.44. The van der Waals surface area contributed by atoms with E-state index in [1.165, 1.54) is 11.6 Å². The molecule has 28 heavy (non-hydrogen) atoms. The number of hydrogen-bond donors (Lipinski definition) is 2. The number of rotatable bonds is 6. The fraction of sp³-hybridized carbons (Fsp3) is 0.273. The van der Waals surface area contributed by atoms with E-state index in [2.05, 4.69) is 20.6 Å². The van der Waals surface area contributed by atoms with Gasteiger partial charge in [0.2, 0.25) is 5.89 Å². The first-order chi connectivity index (χ1) is 13.5. The Morgan fingerprint density at radius 3 is 2.61 bits per heavy atom. The molecule has 0 radical (unpaired) electrons. The maximum Gasteiger partial charge on any atom is 0.226 e. The number of nitrogens with zero attached hydrogens (tertiary/aromatic N) is 2. The Bertz CT molecular complexity index is 947. The van der Waals surface area contributed by atoms with Gasteiger partial charge in [0.25, 0.3) is 0 Å². The Morgan fingerprint density at radius 2 is 1.89 bits per heavy atom. The van der Waals surface area contributed by atoms with Crippen LogP contribution < -0.4 is 10.6 Å². The van der Waals surface area contributed by atoms with Crippen molar-refractivity contribution in [1.82, 2.24) is 15.6 Å². The van der Waals surface area contributed by atoms with Crippen LogP contribution in [-0.2, 0) is 13.0 Å². The zero-order valence-electron chi connectivity index (χ0n) is 16.4. The molecule has 0 fully saturated rings. The summed E-state index contributed by atoms with van der Waals surface area (Å²) in [6, 6.07) is 12.9. The minimum absolute atomic E-state index is 0.204. The first-order valence-corrected chi connectivity index (χ1v) is 9.26. The van der Waals surface area contributed by atoms with Crippen LogP contribution in [0.15, 0.2) is 58.1 Å². The molecular formula is C22H25FN4O. The molecule has 1 heterocycles. The van der Waals surface area contributed by atoms with Crippen molar-refractivity contribution in [2.45, 2.75) is 26.8 Å². The number of hydrogen-bond acceptors (Lipinski definition) is 3. The van der Waals surface area contributed by atoms with Crippen molar-refractivity contribution in [1.29, 1.82) is 0 Å². The second-order valence-corrected chi connectivity index (χ2v) is 6.68. The van der Waals surface area contributed by atoms with Gasteiger partial charge in [-0.25, -0.2) is 9.37 Å². The Kier molecular flexibility index (Phi) is 6.42. The molecule has 0 atom stereocenters. The highest BCUT2D eigenvalue weighted by Gasteiger charge is 2.07. The third-order valence-corrected chi connectivity index (χ3v) is 4.50. The van der Waals surface area contributed by atoms with Crippen LogP contribution in [0.25, 0.3) is 11.5 Å². The zero-order chi connectivity index (χ0) is 19.9. The van der Waals surface area contributed by atoms with Crippen molar-refractivity contribution in [2.75, 3.05) is 13.6 Å². The topological polar surface area (TPSA) is 62.5 Å². The van der Waals surface area contributed by atoms with E-state index in [0.717, 1.165) is 28.8 Å². The summed E-state index contributed by atoms with van der Waals surface area (Å²) in [7, 11) is 1.72. The van der Waals surface area contributed by atoms with Gasteiger partial charge in [-0.3, -0.25) is 4.99 Å². The van der Waals surface area contributed by atoms with Gasteiger partial charge in [0.05, 0.1) is 12.2 Å². The van der Waals surface area contributed by atoms with Crippen LogP contribution in [0.2, 0.25) is 0 Å². The number of nitrogens with one attached hydrogen (secondary N) is 2. The van der Waals surface area contributed by atoms with Crippen molar-refractivity contribution >= 4 is 5.96 Å².